The molecular formula is C40H36BBrF4N10O4. The lowest BCUT2D eigenvalue weighted by Crippen LogP contribution is -2.29. The highest BCUT2D eigenvalue weighted by Crippen LogP contribution is 2.26. The van der Waals surface area contributed by atoms with Crippen LogP contribution >= 0.6 is 15.9 Å². The summed E-state index contributed by atoms with van der Waals surface area (Å²) in [6.45, 7) is 22.0. The first-order chi connectivity index (χ1) is 28.3. The van der Waals surface area contributed by atoms with Gasteiger partial charge in [0.15, 0.2) is 0 Å². The van der Waals surface area contributed by atoms with Crippen molar-refractivity contribution in [3.63, 3.8) is 0 Å². The fourth-order valence-electron chi connectivity index (χ4n) is 5.06. The minimum Gasteiger partial charge on any atom is -0.423 e. The van der Waals surface area contributed by atoms with Crippen molar-refractivity contribution in [1.29, 1.82) is 0 Å². The van der Waals surface area contributed by atoms with E-state index in [1.54, 1.807) is 24.3 Å². The first kappa shape index (κ1) is 46.0. The summed E-state index contributed by atoms with van der Waals surface area (Å²) >= 11 is 3.10. The molecule has 0 spiro atoms. The van der Waals surface area contributed by atoms with Crippen molar-refractivity contribution in [2.24, 2.45) is 9.98 Å². The first-order valence-corrected chi connectivity index (χ1v) is 18.3. The van der Waals surface area contributed by atoms with Gasteiger partial charge in [0.25, 0.3) is 11.2 Å². The van der Waals surface area contributed by atoms with Gasteiger partial charge in [0.2, 0.25) is 11.4 Å². The molecular weight excluding hydrogens is 851 g/mol. The number of aromatic nitrogens is 6. The first-order valence-electron chi connectivity index (χ1n) is 17.5. The SMILES string of the molecule is CC(C)(CN=c1ncc(Br)nn1O)c1ccc(F)cc1.[C-]#[N+]c1cc(-c2cnc(=NCC(C)(C)c3ccc(F)cc3)n(O)n2)ccc1F.[C-]#[N+]c1cc(B(O)O)ccc1F. The van der Waals surface area contributed by atoms with Crippen molar-refractivity contribution in [1.82, 2.24) is 29.9 Å². The third-order valence-electron chi connectivity index (χ3n) is 8.57. The van der Waals surface area contributed by atoms with Gasteiger partial charge in [-0.1, -0.05) is 79.8 Å². The Bertz CT molecular complexity index is 2670. The van der Waals surface area contributed by atoms with E-state index in [1.807, 2.05) is 27.7 Å². The third-order valence-corrected chi connectivity index (χ3v) is 8.94. The Hall–Kier alpha value is -6.74. The highest BCUT2D eigenvalue weighted by atomic mass is 79.9. The summed E-state index contributed by atoms with van der Waals surface area (Å²) in [6, 6.07) is 19.7. The highest BCUT2D eigenvalue weighted by molar-refractivity contribution is 9.10. The topological polar surface area (TPSA) is 176 Å². The smallest absolute Gasteiger partial charge is 0.423 e. The fraction of sp³-hybridized carbons (Fsp3) is 0.200. The predicted octanol–water partition coefficient (Wildman–Crippen LogP) is 6.24. The molecule has 0 bridgehead atoms. The highest BCUT2D eigenvalue weighted by Gasteiger charge is 2.21. The molecule has 0 atom stereocenters. The molecule has 14 nitrogen and oxygen atoms in total. The standard InChI is InChI=1S/C20H17F2N5O.C13H14BrFN4O.C7H5BFNO2/c1-20(2,14-5-7-15(21)8-6-14)12-25-19-24-11-18(26-27(19)28)13-4-9-16(22)17(10-13)23-3;1-13(2,9-3-5-10(15)6-4-9)8-17-12-16-7-11(14)18-19(12)20;1-10-7-4-5(8(11)12)2-3-6(7)9/h4-11,28H,12H2,1-2H3;3-7,20H,8H2,1-2H3;2-4,11-12H. The van der Waals surface area contributed by atoms with Crippen molar-refractivity contribution in [3.8, 4) is 11.3 Å². The van der Waals surface area contributed by atoms with E-state index in [4.69, 9.17) is 23.2 Å². The van der Waals surface area contributed by atoms with Crippen molar-refractivity contribution in [2.45, 2.75) is 38.5 Å². The van der Waals surface area contributed by atoms with Crippen LogP contribution in [0.15, 0.2) is 112 Å². The zero-order valence-corrected chi connectivity index (χ0v) is 34.0. The maximum Gasteiger partial charge on any atom is 0.487 e. The molecule has 0 aliphatic rings. The van der Waals surface area contributed by atoms with Gasteiger partial charge in [0, 0.05) is 10.8 Å². The zero-order chi connectivity index (χ0) is 44.2. The number of hydrogen-bond donors (Lipinski definition) is 4. The number of benzene rings is 4. The molecule has 308 valence electrons. The molecule has 4 aromatic carbocycles. The van der Waals surface area contributed by atoms with Gasteiger partial charge < -0.3 is 20.5 Å². The van der Waals surface area contributed by atoms with E-state index < -0.39 is 24.2 Å². The Labute approximate surface area is 350 Å². The number of nitrogens with zero attached hydrogens (tertiary/aromatic N) is 10. The van der Waals surface area contributed by atoms with Gasteiger partial charge in [-0.05, 0) is 80.5 Å². The van der Waals surface area contributed by atoms with Crippen LogP contribution in [-0.2, 0) is 10.8 Å². The zero-order valence-electron chi connectivity index (χ0n) is 32.4. The third kappa shape index (κ3) is 12.6. The molecule has 0 aliphatic carbocycles. The fourth-order valence-corrected chi connectivity index (χ4v) is 5.31. The van der Waals surface area contributed by atoms with Gasteiger partial charge in [-0.25, -0.2) is 47.2 Å². The normalized spacial score (nSPS) is 11.7. The van der Waals surface area contributed by atoms with Crippen LogP contribution in [0, 0.1) is 36.4 Å². The van der Waals surface area contributed by atoms with Crippen LogP contribution in [0.25, 0.3) is 20.9 Å². The van der Waals surface area contributed by atoms with Crippen molar-refractivity contribution >= 4 is 39.9 Å². The van der Waals surface area contributed by atoms with Crippen molar-refractivity contribution in [3.05, 3.63) is 170 Å². The molecule has 0 saturated carbocycles. The molecule has 0 fully saturated rings. The van der Waals surface area contributed by atoms with Crippen LogP contribution < -0.4 is 16.7 Å². The monoisotopic (exact) mass is 886 g/mol. The molecule has 0 radical (unpaired) electrons. The summed E-state index contributed by atoms with van der Waals surface area (Å²) in [5.41, 5.74) is 1.71. The second-order valence-electron chi connectivity index (χ2n) is 14.0. The molecule has 2 aromatic heterocycles. The lowest BCUT2D eigenvalue weighted by atomic mass is 9.80. The Morgan fingerprint density at radius 3 is 1.57 bits per heavy atom. The van der Waals surface area contributed by atoms with Gasteiger partial charge in [0.1, 0.15) is 33.6 Å². The minimum atomic E-state index is -1.66. The molecule has 60 heavy (non-hydrogen) atoms. The Morgan fingerprint density at radius 2 is 1.12 bits per heavy atom. The molecule has 20 heteroatoms. The second-order valence-corrected chi connectivity index (χ2v) is 14.8. The second kappa shape index (κ2) is 20.3. The van der Waals surface area contributed by atoms with E-state index in [-0.39, 0.29) is 57.4 Å². The van der Waals surface area contributed by atoms with E-state index in [9.17, 15) is 28.0 Å². The molecule has 6 aromatic rings. The van der Waals surface area contributed by atoms with E-state index >= 15 is 0 Å². The molecule has 2 heterocycles. The van der Waals surface area contributed by atoms with Gasteiger partial charge >= 0.3 is 7.12 Å². The van der Waals surface area contributed by atoms with Crippen LogP contribution in [0.5, 0.6) is 0 Å². The summed E-state index contributed by atoms with van der Waals surface area (Å²) in [5, 5.41) is 44.7. The number of rotatable bonds is 8. The predicted molar refractivity (Wildman–Crippen MR) is 216 cm³/mol. The molecule has 0 unspecified atom stereocenters. The van der Waals surface area contributed by atoms with Crippen LogP contribution in [0.4, 0.5) is 28.9 Å². The van der Waals surface area contributed by atoms with Crippen molar-refractivity contribution in [2.75, 3.05) is 13.1 Å². The maximum absolute atomic E-state index is 13.5. The Kier molecular flexibility index (Phi) is 15.5. The molecule has 4 N–H and O–H groups in total. The van der Waals surface area contributed by atoms with Crippen LogP contribution in [0.1, 0.15) is 38.8 Å². The van der Waals surface area contributed by atoms with Crippen LogP contribution in [0.3, 0.4) is 0 Å². The lowest BCUT2D eigenvalue weighted by Gasteiger charge is -2.22. The average Bonchev–Trinajstić information content (AvgIpc) is 3.21. The summed E-state index contributed by atoms with van der Waals surface area (Å²) in [6.07, 6.45) is 2.84. The van der Waals surface area contributed by atoms with E-state index in [0.29, 0.717) is 26.4 Å². The van der Waals surface area contributed by atoms with Crippen molar-refractivity contribution < 1.29 is 38.0 Å². The van der Waals surface area contributed by atoms with Gasteiger partial charge in [-0.2, -0.15) is 0 Å². The Morgan fingerprint density at radius 1 is 0.667 bits per heavy atom. The lowest BCUT2D eigenvalue weighted by molar-refractivity contribution is 0.123. The largest absolute Gasteiger partial charge is 0.487 e. The number of hydrogen-bond acceptors (Lipinski definition) is 10. The summed E-state index contributed by atoms with van der Waals surface area (Å²) < 4.78 is 52.6. The van der Waals surface area contributed by atoms with E-state index in [0.717, 1.165) is 29.3 Å². The summed E-state index contributed by atoms with van der Waals surface area (Å²) in [5.74, 6) is -1.87. The van der Waals surface area contributed by atoms with Crippen LogP contribution in [0.2, 0.25) is 0 Å². The Balaban J connectivity index is 0.000000216. The minimum absolute atomic E-state index is 0.00792. The van der Waals surface area contributed by atoms with E-state index in [2.05, 4.69) is 55.8 Å². The van der Waals surface area contributed by atoms with Crippen LogP contribution in [-0.4, -0.2) is 70.5 Å². The summed E-state index contributed by atoms with van der Waals surface area (Å²) in [7, 11) is -1.66. The van der Waals surface area contributed by atoms with Gasteiger partial charge in [-0.15, -0.1) is 10.2 Å². The maximum atomic E-state index is 13.5. The van der Waals surface area contributed by atoms with Gasteiger partial charge in [0.05, 0.1) is 38.6 Å². The molecule has 0 amide bonds. The summed E-state index contributed by atoms with van der Waals surface area (Å²) in [4.78, 5) is 23.7. The quantitative estimate of drug-likeness (QED) is 0.0601. The molecule has 0 saturated heterocycles. The molecule has 6 rings (SSSR count). The number of halogens is 5. The van der Waals surface area contributed by atoms with Gasteiger partial charge in [-0.3, -0.25) is 0 Å². The molecule has 0 aliphatic heterocycles. The van der Waals surface area contributed by atoms with E-state index in [1.165, 1.54) is 54.9 Å². The average molecular weight is 888 g/mol.